The Morgan fingerprint density at radius 1 is 0.719 bits per heavy atom. The summed E-state index contributed by atoms with van der Waals surface area (Å²) in [6.07, 6.45) is 1.03. The molecule has 168 valence electrons. The predicted octanol–water partition coefficient (Wildman–Crippen LogP) is 3.12. The molecule has 32 heavy (non-hydrogen) atoms. The fourth-order valence-electron chi connectivity index (χ4n) is 2.70. The van der Waals surface area contributed by atoms with E-state index in [0.29, 0.717) is 28.4 Å². The average Bonchev–Trinajstić information content (AvgIpc) is 2.74. The molecule has 0 aromatic heterocycles. The van der Waals surface area contributed by atoms with Crippen LogP contribution in [0.25, 0.3) is 0 Å². The molecule has 0 radical (unpaired) electrons. The van der Waals surface area contributed by atoms with Crippen LogP contribution in [-0.2, 0) is 20.0 Å². The largest absolute Gasteiger partial charge is 0.497 e. The van der Waals surface area contributed by atoms with Gasteiger partial charge in [-0.1, -0.05) is 0 Å². The normalized spacial score (nSPS) is 11.4. The van der Waals surface area contributed by atoms with Gasteiger partial charge in [-0.25, -0.2) is 16.8 Å². The van der Waals surface area contributed by atoms with Crippen LogP contribution < -0.4 is 19.5 Å². The molecule has 0 saturated carbocycles. The van der Waals surface area contributed by atoms with Crippen LogP contribution in [0, 0.1) is 0 Å². The highest BCUT2D eigenvalue weighted by Crippen LogP contribution is 2.21. The topological polar surface area (TPSA) is 131 Å². The second kappa shape index (κ2) is 9.28. The Bertz CT molecular complexity index is 1300. The fraction of sp³-hybridized carbons (Fsp3) is 0.0952. The number of hydrogen-bond acceptors (Lipinski definition) is 6. The molecule has 0 aliphatic carbocycles. The van der Waals surface area contributed by atoms with Crippen LogP contribution in [0.15, 0.2) is 77.7 Å². The Balaban J connectivity index is 1.66. The Labute approximate surface area is 186 Å². The molecule has 1 amide bonds. The summed E-state index contributed by atoms with van der Waals surface area (Å²) in [4.78, 5) is 12.4. The number of amides is 1. The van der Waals surface area contributed by atoms with Crippen LogP contribution in [0.3, 0.4) is 0 Å². The Hall–Kier alpha value is -3.57. The first-order valence-corrected chi connectivity index (χ1v) is 12.6. The van der Waals surface area contributed by atoms with Gasteiger partial charge >= 0.3 is 0 Å². The maximum absolute atomic E-state index is 12.6. The summed E-state index contributed by atoms with van der Waals surface area (Å²) >= 11 is 0. The van der Waals surface area contributed by atoms with Crippen molar-refractivity contribution in [3.8, 4) is 5.75 Å². The van der Waals surface area contributed by atoms with Crippen molar-refractivity contribution >= 4 is 43.0 Å². The van der Waals surface area contributed by atoms with Gasteiger partial charge < -0.3 is 10.1 Å². The van der Waals surface area contributed by atoms with Crippen LogP contribution in [0.4, 0.5) is 17.1 Å². The number of hydrogen-bond donors (Lipinski definition) is 3. The lowest BCUT2D eigenvalue weighted by atomic mass is 10.2. The maximum atomic E-state index is 12.6. The highest BCUT2D eigenvalue weighted by atomic mass is 32.2. The standard InChI is InChI=1S/C21H21N3O6S2/c1-30-19-11-7-18(8-12-19)24-32(28,29)20-13-9-16(10-14-20)22-21(25)15-3-5-17(6-4-15)23-31(2,26)27/h3-14,23-24H,1-2H3,(H,22,25). The molecule has 0 atom stereocenters. The summed E-state index contributed by atoms with van der Waals surface area (Å²) in [7, 11) is -5.70. The maximum Gasteiger partial charge on any atom is 0.261 e. The second-order valence-corrected chi connectivity index (χ2v) is 10.2. The van der Waals surface area contributed by atoms with E-state index in [1.54, 1.807) is 24.3 Å². The Morgan fingerprint density at radius 3 is 1.75 bits per heavy atom. The number of anilines is 3. The lowest BCUT2D eigenvalue weighted by Gasteiger charge is -2.10. The van der Waals surface area contributed by atoms with Gasteiger partial charge in [0.05, 0.1) is 18.3 Å². The van der Waals surface area contributed by atoms with E-state index < -0.39 is 26.0 Å². The number of rotatable bonds is 8. The molecule has 3 rings (SSSR count). The number of methoxy groups -OCH3 is 1. The number of nitrogens with one attached hydrogen (secondary N) is 3. The summed E-state index contributed by atoms with van der Waals surface area (Å²) in [5.41, 5.74) is 1.43. The number of sulfonamides is 2. The average molecular weight is 476 g/mol. The van der Waals surface area contributed by atoms with Crippen molar-refractivity contribution in [1.82, 2.24) is 0 Å². The molecular weight excluding hydrogens is 454 g/mol. The van der Waals surface area contributed by atoms with E-state index in [2.05, 4.69) is 14.8 Å². The first-order valence-electron chi connectivity index (χ1n) is 9.22. The quantitative estimate of drug-likeness (QED) is 0.459. The van der Waals surface area contributed by atoms with E-state index >= 15 is 0 Å². The highest BCUT2D eigenvalue weighted by Gasteiger charge is 2.15. The molecule has 3 aromatic carbocycles. The van der Waals surface area contributed by atoms with E-state index in [1.807, 2.05) is 0 Å². The first-order chi connectivity index (χ1) is 15.1. The van der Waals surface area contributed by atoms with Crippen molar-refractivity contribution in [2.45, 2.75) is 4.90 Å². The van der Waals surface area contributed by atoms with E-state index in [1.165, 1.54) is 55.6 Å². The summed E-state index contributed by atoms with van der Waals surface area (Å²) in [5, 5.41) is 2.66. The Morgan fingerprint density at radius 2 is 1.22 bits per heavy atom. The molecule has 0 unspecified atom stereocenters. The van der Waals surface area contributed by atoms with Gasteiger partial charge in [0.1, 0.15) is 5.75 Å². The van der Waals surface area contributed by atoms with Crippen molar-refractivity contribution in [3.63, 3.8) is 0 Å². The van der Waals surface area contributed by atoms with Crippen LogP contribution in [0.5, 0.6) is 5.75 Å². The summed E-state index contributed by atoms with van der Waals surface area (Å²) in [5.74, 6) is 0.178. The highest BCUT2D eigenvalue weighted by molar-refractivity contribution is 7.92. The Kier molecular flexibility index (Phi) is 6.70. The van der Waals surface area contributed by atoms with Gasteiger partial charge in [-0.3, -0.25) is 14.2 Å². The van der Waals surface area contributed by atoms with E-state index in [0.717, 1.165) is 6.26 Å². The van der Waals surface area contributed by atoms with Crippen molar-refractivity contribution in [3.05, 3.63) is 78.4 Å². The lowest BCUT2D eigenvalue weighted by molar-refractivity contribution is 0.102. The number of ether oxygens (including phenoxy) is 1. The predicted molar refractivity (Wildman–Crippen MR) is 123 cm³/mol. The monoisotopic (exact) mass is 475 g/mol. The van der Waals surface area contributed by atoms with Crippen LogP contribution >= 0.6 is 0 Å². The molecular formula is C21H21N3O6S2. The molecule has 0 aliphatic rings. The minimum Gasteiger partial charge on any atom is -0.497 e. The van der Waals surface area contributed by atoms with Crippen LogP contribution in [0.2, 0.25) is 0 Å². The van der Waals surface area contributed by atoms with Gasteiger partial charge in [-0.15, -0.1) is 0 Å². The zero-order chi connectivity index (χ0) is 23.4. The molecule has 11 heteroatoms. The van der Waals surface area contributed by atoms with Gasteiger partial charge in [0, 0.05) is 22.6 Å². The van der Waals surface area contributed by atoms with Gasteiger partial charge in [0.15, 0.2) is 0 Å². The van der Waals surface area contributed by atoms with Crippen LogP contribution in [-0.4, -0.2) is 36.1 Å². The third kappa shape index (κ3) is 6.22. The molecule has 0 spiro atoms. The van der Waals surface area contributed by atoms with E-state index in [-0.39, 0.29) is 4.90 Å². The summed E-state index contributed by atoms with van der Waals surface area (Å²) in [6.45, 7) is 0. The smallest absolute Gasteiger partial charge is 0.261 e. The van der Waals surface area contributed by atoms with Gasteiger partial charge in [0.25, 0.3) is 15.9 Å². The molecule has 9 nitrogen and oxygen atoms in total. The van der Waals surface area contributed by atoms with Crippen molar-refractivity contribution in [1.29, 1.82) is 0 Å². The van der Waals surface area contributed by atoms with Gasteiger partial charge in [-0.05, 0) is 72.8 Å². The zero-order valence-corrected chi connectivity index (χ0v) is 18.8. The third-order valence-electron chi connectivity index (χ3n) is 4.22. The number of benzene rings is 3. The van der Waals surface area contributed by atoms with Gasteiger partial charge in [0.2, 0.25) is 10.0 Å². The number of carbonyl (C=O) groups excluding carboxylic acids is 1. The number of carbonyl (C=O) groups is 1. The minimum atomic E-state index is -3.81. The lowest BCUT2D eigenvalue weighted by Crippen LogP contribution is -2.14. The molecule has 0 heterocycles. The first kappa shape index (κ1) is 23.1. The molecule has 0 fully saturated rings. The molecule has 0 bridgehead atoms. The van der Waals surface area contributed by atoms with Crippen molar-refractivity contribution in [2.75, 3.05) is 28.1 Å². The third-order valence-corrected chi connectivity index (χ3v) is 6.22. The minimum absolute atomic E-state index is 0.0301. The zero-order valence-electron chi connectivity index (χ0n) is 17.2. The molecule has 0 aliphatic heterocycles. The van der Waals surface area contributed by atoms with Crippen molar-refractivity contribution < 1.29 is 26.4 Å². The van der Waals surface area contributed by atoms with Gasteiger partial charge in [-0.2, -0.15) is 0 Å². The van der Waals surface area contributed by atoms with Crippen molar-refractivity contribution in [2.24, 2.45) is 0 Å². The molecule has 3 aromatic rings. The molecule has 3 N–H and O–H groups in total. The van der Waals surface area contributed by atoms with E-state index in [4.69, 9.17) is 4.74 Å². The molecule has 0 saturated heterocycles. The summed E-state index contributed by atoms with van der Waals surface area (Å²) < 4.78 is 57.4. The summed E-state index contributed by atoms with van der Waals surface area (Å²) in [6, 6.07) is 18.0. The van der Waals surface area contributed by atoms with Crippen LogP contribution in [0.1, 0.15) is 10.4 Å². The SMILES string of the molecule is COc1ccc(NS(=O)(=O)c2ccc(NC(=O)c3ccc(NS(C)(=O)=O)cc3)cc2)cc1. The second-order valence-electron chi connectivity index (χ2n) is 6.76. The van der Waals surface area contributed by atoms with E-state index in [9.17, 15) is 21.6 Å². The fourth-order valence-corrected chi connectivity index (χ4v) is 4.32.